The number of carboxylic acids is 1. The van der Waals surface area contributed by atoms with Crippen LogP contribution < -0.4 is 0 Å². The number of hydrogen-bond acceptors (Lipinski definition) is 4. The molecule has 7 nitrogen and oxygen atoms in total. The van der Waals surface area contributed by atoms with Crippen molar-refractivity contribution >= 4 is 11.9 Å². The molecule has 21 heavy (non-hydrogen) atoms. The number of carboxylic acid groups (broad SMARTS) is 1. The molecule has 0 radical (unpaired) electrons. The summed E-state index contributed by atoms with van der Waals surface area (Å²) >= 11 is 0. The normalized spacial score (nSPS) is 21.6. The number of amides is 1. The van der Waals surface area contributed by atoms with Crippen LogP contribution in [0.15, 0.2) is 0 Å². The first kappa shape index (κ1) is 15.5. The molecule has 2 N–H and O–H groups in total. The molecule has 7 heteroatoms. The number of aromatic nitrogens is 3. The van der Waals surface area contributed by atoms with Gasteiger partial charge >= 0.3 is 5.97 Å². The zero-order chi connectivity index (χ0) is 15.8. The summed E-state index contributed by atoms with van der Waals surface area (Å²) in [5.41, 5.74) is -0.461. The van der Waals surface area contributed by atoms with E-state index in [1.807, 2.05) is 27.7 Å². The predicted molar refractivity (Wildman–Crippen MR) is 75.9 cm³/mol. The molecule has 0 bridgehead atoms. The fourth-order valence-electron chi connectivity index (χ4n) is 2.84. The number of piperidine rings is 1. The highest BCUT2D eigenvalue weighted by Crippen LogP contribution is 2.35. The first-order valence-electron chi connectivity index (χ1n) is 7.20. The molecule has 1 aliphatic rings. The Labute approximate surface area is 123 Å². The predicted octanol–water partition coefficient (Wildman–Crippen LogP) is 1.64. The Kier molecular flexibility index (Phi) is 4.02. The van der Waals surface area contributed by atoms with E-state index in [0.717, 1.165) is 12.8 Å². The molecule has 1 saturated heterocycles. The van der Waals surface area contributed by atoms with E-state index in [1.165, 1.54) is 4.90 Å². The lowest BCUT2D eigenvalue weighted by Gasteiger charge is -2.43. The van der Waals surface area contributed by atoms with E-state index in [9.17, 15) is 14.7 Å². The summed E-state index contributed by atoms with van der Waals surface area (Å²) in [5, 5.41) is 16.2. The SMILES string of the molecule is CC(C)c1nc(C(=O)N2CCCC(C)(C)C2C(=O)O)n[nH]1. The molecule has 1 aromatic rings. The number of hydrogen-bond donors (Lipinski definition) is 2. The molecule has 1 aliphatic heterocycles. The molecule has 2 heterocycles. The maximum Gasteiger partial charge on any atom is 0.326 e. The van der Waals surface area contributed by atoms with Gasteiger partial charge in [-0.05, 0) is 18.3 Å². The van der Waals surface area contributed by atoms with Gasteiger partial charge in [0.1, 0.15) is 11.9 Å². The van der Waals surface area contributed by atoms with Crippen molar-refractivity contribution in [2.75, 3.05) is 6.54 Å². The molecule has 0 aromatic carbocycles. The Morgan fingerprint density at radius 1 is 1.43 bits per heavy atom. The minimum absolute atomic E-state index is 0.0441. The zero-order valence-corrected chi connectivity index (χ0v) is 12.9. The van der Waals surface area contributed by atoms with Crippen molar-refractivity contribution in [1.29, 1.82) is 0 Å². The second kappa shape index (κ2) is 5.46. The Hall–Kier alpha value is -1.92. The third-order valence-corrected chi connectivity index (χ3v) is 4.01. The van der Waals surface area contributed by atoms with Gasteiger partial charge in [-0.1, -0.05) is 27.7 Å². The summed E-state index contributed by atoms with van der Waals surface area (Å²) in [5.74, 6) is -0.595. The van der Waals surface area contributed by atoms with Gasteiger partial charge in [-0.15, -0.1) is 5.10 Å². The Morgan fingerprint density at radius 2 is 2.10 bits per heavy atom. The van der Waals surface area contributed by atoms with Gasteiger partial charge in [0.25, 0.3) is 5.91 Å². The fraction of sp³-hybridized carbons (Fsp3) is 0.714. The van der Waals surface area contributed by atoms with E-state index in [1.54, 1.807) is 0 Å². The number of carbonyl (C=O) groups excluding carboxylic acids is 1. The van der Waals surface area contributed by atoms with E-state index in [4.69, 9.17) is 0 Å². The molecule has 1 amide bonds. The first-order valence-corrected chi connectivity index (χ1v) is 7.20. The molecule has 1 aromatic heterocycles. The van der Waals surface area contributed by atoms with Gasteiger partial charge in [0, 0.05) is 12.5 Å². The molecule has 1 unspecified atom stereocenters. The minimum Gasteiger partial charge on any atom is -0.480 e. The molecule has 116 valence electrons. The summed E-state index contributed by atoms with van der Waals surface area (Å²) < 4.78 is 0. The first-order chi connectivity index (χ1) is 9.74. The van der Waals surface area contributed by atoms with Crippen LogP contribution in [0.5, 0.6) is 0 Å². The number of nitrogens with one attached hydrogen (secondary N) is 1. The Bertz CT molecular complexity index is 550. The second-order valence-corrected chi connectivity index (χ2v) is 6.53. The second-order valence-electron chi connectivity index (χ2n) is 6.53. The van der Waals surface area contributed by atoms with Crippen molar-refractivity contribution in [3.05, 3.63) is 11.6 Å². The Balaban J connectivity index is 2.29. The lowest BCUT2D eigenvalue weighted by atomic mass is 9.76. The summed E-state index contributed by atoms with van der Waals surface area (Å²) in [6.07, 6.45) is 1.56. The van der Waals surface area contributed by atoms with Crippen LogP contribution in [0.3, 0.4) is 0 Å². The number of aliphatic carboxylic acids is 1. The topological polar surface area (TPSA) is 99.2 Å². The van der Waals surface area contributed by atoms with Crippen LogP contribution in [0.2, 0.25) is 0 Å². The number of carbonyl (C=O) groups is 2. The lowest BCUT2D eigenvalue weighted by Crippen LogP contribution is -2.56. The number of rotatable bonds is 3. The average Bonchev–Trinajstić information content (AvgIpc) is 2.85. The molecule has 0 saturated carbocycles. The average molecular weight is 294 g/mol. The van der Waals surface area contributed by atoms with E-state index in [2.05, 4.69) is 15.2 Å². The van der Waals surface area contributed by atoms with E-state index < -0.39 is 23.3 Å². The van der Waals surface area contributed by atoms with E-state index >= 15 is 0 Å². The third-order valence-electron chi connectivity index (χ3n) is 4.01. The van der Waals surface area contributed by atoms with Crippen LogP contribution in [0.4, 0.5) is 0 Å². The number of likely N-dealkylation sites (tertiary alicyclic amines) is 1. The van der Waals surface area contributed by atoms with Crippen molar-refractivity contribution in [2.45, 2.75) is 52.5 Å². The molecule has 0 spiro atoms. The summed E-state index contributed by atoms with van der Waals surface area (Å²) in [4.78, 5) is 29.7. The van der Waals surface area contributed by atoms with Gasteiger partial charge in [0.2, 0.25) is 5.82 Å². The maximum atomic E-state index is 12.6. The summed E-state index contributed by atoms with van der Waals surface area (Å²) in [7, 11) is 0. The zero-order valence-electron chi connectivity index (χ0n) is 12.9. The standard InChI is InChI=1S/C14H22N4O3/c1-8(2)10-15-11(17-16-10)12(19)18-7-5-6-14(3,4)9(18)13(20)21/h8-9H,5-7H2,1-4H3,(H,20,21)(H,15,16,17). The van der Waals surface area contributed by atoms with Crippen molar-refractivity contribution in [3.63, 3.8) is 0 Å². The molecule has 0 aliphatic carbocycles. The molecular formula is C14H22N4O3. The minimum atomic E-state index is -0.979. The Morgan fingerprint density at radius 3 is 2.62 bits per heavy atom. The van der Waals surface area contributed by atoms with Gasteiger partial charge in [0.15, 0.2) is 0 Å². The summed E-state index contributed by atoms with van der Waals surface area (Å²) in [6.45, 7) is 8.06. The molecule has 1 atom stereocenters. The number of nitrogens with zero attached hydrogens (tertiary/aromatic N) is 3. The van der Waals surface area contributed by atoms with Crippen molar-refractivity contribution in [1.82, 2.24) is 20.1 Å². The van der Waals surface area contributed by atoms with Gasteiger partial charge in [-0.2, -0.15) is 0 Å². The molecule has 2 rings (SSSR count). The van der Waals surface area contributed by atoms with Crippen molar-refractivity contribution in [3.8, 4) is 0 Å². The highest BCUT2D eigenvalue weighted by molar-refractivity contribution is 5.93. The summed E-state index contributed by atoms with van der Waals surface area (Å²) in [6, 6.07) is -0.847. The highest BCUT2D eigenvalue weighted by Gasteiger charge is 2.45. The van der Waals surface area contributed by atoms with E-state index in [0.29, 0.717) is 12.4 Å². The smallest absolute Gasteiger partial charge is 0.326 e. The van der Waals surface area contributed by atoms with Gasteiger partial charge < -0.3 is 10.0 Å². The van der Waals surface area contributed by atoms with Crippen LogP contribution >= 0.6 is 0 Å². The van der Waals surface area contributed by atoms with Crippen molar-refractivity contribution < 1.29 is 14.7 Å². The monoisotopic (exact) mass is 294 g/mol. The third kappa shape index (κ3) is 2.91. The molecule has 1 fully saturated rings. The molecular weight excluding hydrogens is 272 g/mol. The van der Waals surface area contributed by atoms with Crippen LogP contribution in [0.1, 0.15) is 62.9 Å². The van der Waals surface area contributed by atoms with Crippen LogP contribution in [0, 0.1) is 5.41 Å². The van der Waals surface area contributed by atoms with E-state index in [-0.39, 0.29) is 11.7 Å². The van der Waals surface area contributed by atoms with Gasteiger partial charge in [-0.3, -0.25) is 9.89 Å². The number of H-pyrrole nitrogens is 1. The van der Waals surface area contributed by atoms with Crippen LogP contribution in [0.25, 0.3) is 0 Å². The lowest BCUT2D eigenvalue weighted by molar-refractivity contribution is -0.148. The fourth-order valence-corrected chi connectivity index (χ4v) is 2.84. The van der Waals surface area contributed by atoms with Crippen LogP contribution in [-0.2, 0) is 4.79 Å². The quantitative estimate of drug-likeness (QED) is 0.883. The maximum absolute atomic E-state index is 12.6. The van der Waals surface area contributed by atoms with Crippen molar-refractivity contribution in [2.24, 2.45) is 5.41 Å². The largest absolute Gasteiger partial charge is 0.480 e. The van der Waals surface area contributed by atoms with Crippen LogP contribution in [-0.4, -0.2) is 49.7 Å². The van der Waals surface area contributed by atoms with Gasteiger partial charge in [0.05, 0.1) is 0 Å². The highest BCUT2D eigenvalue weighted by atomic mass is 16.4. The number of aromatic amines is 1. The van der Waals surface area contributed by atoms with Gasteiger partial charge in [-0.25, -0.2) is 9.78 Å².